The van der Waals surface area contributed by atoms with Crippen molar-refractivity contribution in [3.8, 4) is 0 Å². The first-order chi connectivity index (χ1) is 8.63. The lowest BCUT2D eigenvalue weighted by atomic mass is 9.98. The van der Waals surface area contributed by atoms with Gasteiger partial charge in [0.2, 0.25) is 0 Å². The van der Waals surface area contributed by atoms with Gasteiger partial charge in [0.05, 0.1) is 0 Å². The highest BCUT2D eigenvalue weighted by Gasteiger charge is 2.28. The summed E-state index contributed by atoms with van der Waals surface area (Å²) in [7, 11) is 2.19. The normalized spacial score (nSPS) is 24.1. The molecular weight excluding hydrogens is 222 g/mol. The van der Waals surface area contributed by atoms with Crippen molar-refractivity contribution in [3.63, 3.8) is 0 Å². The van der Waals surface area contributed by atoms with Crippen molar-refractivity contribution in [2.75, 3.05) is 33.2 Å². The number of benzene rings is 1. The fraction of sp³-hybridized carbons (Fsp3) is 0.600. The number of piperazine rings is 1. The third-order valence-corrected chi connectivity index (χ3v) is 4.05. The van der Waals surface area contributed by atoms with Crippen LogP contribution in [0.3, 0.4) is 0 Å². The maximum atomic E-state index is 6.05. The molecule has 0 aromatic heterocycles. The van der Waals surface area contributed by atoms with Crippen LogP contribution < -0.4 is 5.73 Å². The zero-order chi connectivity index (χ0) is 13.1. The molecule has 3 nitrogen and oxygen atoms in total. The summed E-state index contributed by atoms with van der Waals surface area (Å²) in [6, 6.07) is 9.54. The maximum absolute atomic E-state index is 6.05. The number of likely N-dealkylation sites (N-methyl/N-ethyl adjacent to an activating group) is 1. The number of aryl methyl sites for hydroxylation is 1. The molecule has 0 saturated carbocycles. The van der Waals surface area contributed by atoms with E-state index < -0.39 is 0 Å². The van der Waals surface area contributed by atoms with E-state index in [9.17, 15) is 0 Å². The van der Waals surface area contributed by atoms with E-state index in [1.807, 2.05) is 0 Å². The van der Waals surface area contributed by atoms with Crippen LogP contribution in [0.15, 0.2) is 24.3 Å². The maximum Gasteiger partial charge on any atom is 0.0476 e. The minimum absolute atomic E-state index is 0.356. The molecular formula is C15H25N3. The van der Waals surface area contributed by atoms with Crippen molar-refractivity contribution in [2.24, 2.45) is 5.73 Å². The van der Waals surface area contributed by atoms with Crippen LogP contribution in [0.5, 0.6) is 0 Å². The Labute approximate surface area is 111 Å². The number of hydrogen-bond acceptors (Lipinski definition) is 3. The third-order valence-electron chi connectivity index (χ3n) is 4.05. The van der Waals surface area contributed by atoms with Gasteiger partial charge in [-0.2, -0.15) is 0 Å². The zero-order valence-corrected chi connectivity index (χ0v) is 11.8. The van der Waals surface area contributed by atoms with Gasteiger partial charge in [0, 0.05) is 38.3 Å². The fourth-order valence-electron chi connectivity index (χ4n) is 3.02. The van der Waals surface area contributed by atoms with Gasteiger partial charge in [-0.1, -0.05) is 24.3 Å². The summed E-state index contributed by atoms with van der Waals surface area (Å²) < 4.78 is 0. The Bertz CT molecular complexity index is 391. The first-order valence-electron chi connectivity index (χ1n) is 6.83. The second kappa shape index (κ2) is 5.83. The lowest BCUT2D eigenvalue weighted by molar-refractivity contribution is 0.0633. The topological polar surface area (TPSA) is 32.5 Å². The van der Waals surface area contributed by atoms with Crippen LogP contribution in [0.1, 0.15) is 24.1 Å². The monoisotopic (exact) mass is 247 g/mol. The molecule has 1 aliphatic rings. The highest BCUT2D eigenvalue weighted by atomic mass is 15.3. The molecule has 2 unspecified atom stereocenters. The minimum atomic E-state index is 0.356. The number of rotatable bonds is 3. The van der Waals surface area contributed by atoms with Crippen molar-refractivity contribution >= 4 is 0 Å². The Morgan fingerprint density at radius 1 is 1.33 bits per heavy atom. The van der Waals surface area contributed by atoms with Crippen molar-refractivity contribution in [1.82, 2.24) is 9.80 Å². The Hall–Kier alpha value is -0.900. The SMILES string of the molecule is Cc1ccccc1C(CN)N1CCN(C)CC1C. The minimum Gasteiger partial charge on any atom is -0.329 e. The van der Waals surface area contributed by atoms with Gasteiger partial charge in [-0.05, 0) is 32.0 Å². The molecule has 100 valence electrons. The molecule has 1 heterocycles. The molecule has 2 rings (SSSR count). The van der Waals surface area contributed by atoms with Crippen molar-refractivity contribution in [3.05, 3.63) is 35.4 Å². The fourth-order valence-corrected chi connectivity index (χ4v) is 3.02. The molecule has 1 saturated heterocycles. The predicted octanol–water partition coefficient (Wildman–Crippen LogP) is 1.63. The van der Waals surface area contributed by atoms with E-state index in [1.54, 1.807) is 0 Å². The van der Waals surface area contributed by atoms with Crippen LogP contribution in [-0.4, -0.2) is 49.1 Å². The van der Waals surface area contributed by atoms with Crippen LogP contribution >= 0.6 is 0 Å². The summed E-state index contributed by atoms with van der Waals surface area (Å²) in [6.45, 7) is 8.54. The lowest BCUT2D eigenvalue weighted by Gasteiger charge is -2.43. The van der Waals surface area contributed by atoms with Crippen molar-refractivity contribution in [2.45, 2.75) is 25.9 Å². The van der Waals surface area contributed by atoms with Crippen molar-refractivity contribution in [1.29, 1.82) is 0 Å². The average Bonchev–Trinajstić information content (AvgIpc) is 2.34. The van der Waals surface area contributed by atoms with Crippen LogP contribution in [-0.2, 0) is 0 Å². The summed E-state index contributed by atoms with van der Waals surface area (Å²) in [5.74, 6) is 0. The average molecular weight is 247 g/mol. The van der Waals surface area contributed by atoms with Gasteiger partial charge in [0.25, 0.3) is 0 Å². The van der Waals surface area contributed by atoms with E-state index in [0.29, 0.717) is 18.6 Å². The smallest absolute Gasteiger partial charge is 0.0476 e. The molecule has 2 atom stereocenters. The Balaban J connectivity index is 2.21. The molecule has 2 N–H and O–H groups in total. The van der Waals surface area contributed by atoms with E-state index in [4.69, 9.17) is 5.73 Å². The van der Waals surface area contributed by atoms with Crippen LogP contribution in [0, 0.1) is 6.92 Å². The van der Waals surface area contributed by atoms with E-state index in [-0.39, 0.29) is 0 Å². The van der Waals surface area contributed by atoms with Gasteiger partial charge < -0.3 is 10.6 Å². The highest BCUT2D eigenvalue weighted by molar-refractivity contribution is 5.29. The van der Waals surface area contributed by atoms with Crippen LogP contribution in [0.2, 0.25) is 0 Å². The molecule has 0 spiro atoms. The van der Waals surface area contributed by atoms with Crippen LogP contribution in [0.4, 0.5) is 0 Å². The largest absolute Gasteiger partial charge is 0.329 e. The van der Waals surface area contributed by atoms with E-state index in [1.165, 1.54) is 11.1 Å². The summed E-state index contributed by atoms with van der Waals surface area (Å²) >= 11 is 0. The Kier molecular flexibility index (Phi) is 4.38. The predicted molar refractivity (Wildman–Crippen MR) is 76.6 cm³/mol. The molecule has 0 bridgehead atoms. The Morgan fingerprint density at radius 2 is 2.06 bits per heavy atom. The molecule has 18 heavy (non-hydrogen) atoms. The summed E-state index contributed by atoms with van der Waals surface area (Å²) in [6.07, 6.45) is 0. The molecule has 1 aromatic carbocycles. The number of nitrogens with two attached hydrogens (primary N) is 1. The molecule has 0 aliphatic carbocycles. The lowest BCUT2D eigenvalue weighted by Crippen LogP contribution is -2.52. The highest BCUT2D eigenvalue weighted by Crippen LogP contribution is 2.26. The van der Waals surface area contributed by atoms with Gasteiger partial charge >= 0.3 is 0 Å². The summed E-state index contributed by atoms with van der Waals surface area (Å²) in [4.78, 5) is 4.95. The Morgan fingerprint density at radius 3 is 2.67 bits per heavy atom. The van der Waals surface area contributed by atoms with Gasteiger partial charge in [0.1, 0.15) is 0 Å². The molecule has 0 amide bonds. The van der Waals surface area contributed by atoms with Gasteiger partial charge in [-0.3, -0.25) is 4.90 Å². The molecule has 0 radical (unpaired) electrons. The van der Waals surface area contributed by atoms with Crippen molar-refractivity contribution < 1.29 is 0 Å². The molecule has 1 fully saturated rings. The van der Waals surface area contributed by atoms with Gasteiger partial charge in [-0.15, -0.1) is 0 Å². The van der Waals surface area contributed by atoms with Crippen LogP contribution in [0.25, 0.3) is 0 Å². The standard InChI is InChI=1S/C15H25N3/c1-12-6-4-5-7-14(12)15(10-16)18-9-8-17(3)11-13(18)2/h4-7,13,15H,8-11,16H2,1-3H3. The summed E-state index contributed by atoms with van der Waals surface area (Å²) in [5.41, 5.74) is 8.78. The first-order valence-corrected chi connectivity index (χ1v) is 6.83. The molecule has 1 aromatic rings. The molecule has 3 heteroatoms. The van der Waals surface area contributed by atoms with E-state index >= 15 is 0 Å². The first kappa shape index (κ1) is 13.5. The number of nitrogens with zero attached hydrogens (tertiary/aromatic N) is 2. The molecule has 1 aliphatic heterocycles. The second-order valence-corrected chi connectivity index (χ2v) is 5.46. The third kappa shape index (κ3) is 2.74. The number of hydrogen-bond donors (Lipinski definition) is 1. The van der Waals surface area contributed by atoms with Gasteiger partial charge in [-0.25, -0.2) is 0 Å². The summed E-state index contributed by atoms with van der Waals surface area (Å²) in [5, 5.41) is 0. The van der Waals surface area contributed by atoms with E-state index in [0.717, 1.165) is 19.6 Å². The quantitative estimate of drug-likeness (QED) is 0.881. The zero-order valence-electron chi connectivity index (χ0n) is 11.8. The van der Waals surface area contributed by atoms with E-state index in [2.05, 4.69) is 55.0 Å². The van der Waals surface area contributed by atoms with Gasteiger partial charge in [0.15, 0.2) is 0 Å². The second-order valence-electron chi connectivity index (χ2n) is 5.46.